The van der Waals surface area contributed by atoms with Gasteiger partial charge in [-0.3, -0.25) is 57.5 Å². The topological polar surface area (TPSA) is 279 Å². The van der Waals surface area contributed by atoms with E-state index < -0.39 is 204 Å². The molecule has 3 heterocycles. The summed E-state index contributed by atoms with van der Waals surface area (Å²) in [6.07, 6.45) is 1.74. The Bertz CT molecular complexity index is 3600. The summed E-state index contributed by atoms with van der Waals surface area (Å²) in [6, 6.07) is -5.29. The molecule has 2 saturated heterocycles. The average Bonchev–Trinajstić information content (AvgIpc) is 1.48. The highest BCUT2D eigenvalue weighted by molar-refractivity contribution is 6.01. The van der Waals surface area contributed by atoms with Crippen LogP contribution >= 0.6 is 0 Å². The minimum absolute atomic E-state index is 0.0169. The van der Waals surface area contributed by atoms with E-state index in [0.717, 1.165) is 62.3 Å². The van der Waals surface area contributed by atoms with E-state index in [1.807, 2.05) is 6.92 Å². The van der Waals surface area contributed by atoms with Crippen LogP contribution in [0.1, 0.15) is 153 Å². The summed E-state index contributed by atoms with van der Waals surface area (Å²) < 4.78 is 92.5. The second kappa shape index (κ2) is 36.5. The van der Waals surface area contributed by atoms with Gasteiger partial charge in [0, 0.05) is 88.9 Å². The summed E-state index contributed by atoms with van der Waals surface area (Å²) in [5.74, 6) is -14.8. The fourth-order valence-electron chi connectivity index (χ4n) is 15.9. The first kappa shape index (κ1) is 84.0. The van der Waals surface area contributed by atoms with E-state index in [0.29, 0.717) is 56.2 Å². The van der Waals surface area contributed by atoms with Gasteiger partial charge in [0.1, 0.15) is 76.9 Å². The number of amides is 12. The van der Waals surface area contributed by atoms with Gasteiger partial charge in [0.15, 0.2) is 0 Å². The lowest BCUT2D eigenvalue weighted by molar-refractivity contribution is -0.158. The first-order chi connectivity index (χ1) is 50.5. The number of halogens is 6. The van der Waals surface area contributed by atoms with Gasteiger partial charge in [-0.05, 0) is 124 Å². The molecule has 6 aliphatic rings. The molecule has 5 fully saturated rings. The summed E-state index contributed by atoms with van der Waals surface area (Å²) in [6.45, 7) is 3.39. The van der Waals surface area contributed by atoms with Crippen LogP contribution in [0.15, 0.2) is 48.6 Å². The lowest BCUT2D eigenvalue weighted by Gasteiger charge is -2.46. The van der Waals surface area contributed by atoms with Crippen LogP contribution in [-0.4, -0.2) is 264 Å². The molecule has 2 aromatic carbocycles. The van der Waals surface area contributed by atoms with Crippen LogP contribution in [0.2, 0.25) is 0 Å². The fraction of sp³-hybridized carbons (Fsp3) is 0.658. The van der Waals surface area contributed by atoms with Crippen LogP contribution in [-0.2, 0) is 81.3 Å². The third kappa shape index (κ3) is 20.0. The summed E-state index contributed by atoms with van der Waals surface area (Å²) >= 11 is 0. The highest BCUT2D eigenvalue weighted by Gasteiger charge is 2.54. The van der Waals surface area contributed by atoms with Crippen molar-refractivity contribution in [2.45, 2.75) is 215 Å². The van der Waals surface area contributed by atoms with Crippen molar-refractivity contribution in [3.05, 3.63) is 82.7 Å². The molecule has 3 saturated carbocycles. The van der Waals surface area contributed by atoms with Crippen LogP contribution < -0.4 is 16.0 Å². The number of nitrogens with one attached hydrogen (secondary N) is 3. The summed E-state index contributed by atoms with van der Waals surface area (Å²) in [4.78, 5) is 192. The number of carbonyl (C=O) groups excluding carboxylic acids is 12. The van der Waals surface area contributed by atoms with Crippen LogP contribution in [0.25, 0.3) is 0 Å². The largest absolute Gasteiger partial charge is 0.422 e. The standard InChI is InChI=1S/C76H106F6N12O13/c1-12-45(3)64-72(104)88(7)44-62(97)89(8)55-26-15-14-20-35-93(71(55)103)59(39-47-27-30-50(77)31-28-47)70(102)87(6)43-60(95)83-54(32-29-48-36-52(78)63(53(79)37-48)76(80,81)82)68(100)94-42-51(107-13-2)40-57(94)67(99)85-75(33-21-34-75)74(106)92(11)65(49-24-18-19-25-49)73(105)91(10)58(69(101)86(4)5)41-61(96)90(9)56(66(98)84-64)38-46-22-16-17-23-46/h14-15,27-28,30-31,36-37,45-46,49,51,54-59,64-65H,12-13,16-26,29,32-35,38-44H2,1-11H3,(H,83,95)(H,84,98)(H,85,99)/b15-14-/t45-,51+,54+,55-,56-,57-,58-,59-,64-,65-/m0/s1. The Morgan fingerprint density at radius 3 is 1.89 bits per heavy atom. The average molecular weight is 1510 g/mol. The number of alkyl halides is 3. The zero-order valence-corrected chi connectivity index (χ0v) is 63.3. The van der Waals surface area contributed by atoms with E-state index in [1.54, 1.807) is 26.0 Å². The molecule has 3 N–H and O–H groups in total. The molecule has 3 aliphatic carbocycles. The molecule has 2 aromatic rings. The maximum absolute atomic E-state index is 15.6. The monoisotopic (exact) mass is 1510 g/mol. The fourth-order valence-corrected chi connectivity index (χ4v) is 15.9. The highest BCUT2D eigenvalue weighted by atomic mass is 19.4. The van der Waals surface area contributed by atoms with Gasteiger partial charge < -0.3 is 64.8 Å². The predicted octanol–water partition coefficient (Wildman–Crippen LogP) is 5.39. The molecule has 25 nitrogen and oxygen atoms in total. The van der Waals surface area contributed by atoms with Crippen molar-refractivity contribution < 1.29 is 88.6 Å². The maximum Gasteiger partial charge on any atom is 0.422 e. The van der Waals surface area contributed by atoms with Crippen LogP contribution in [0.4, 0.5) is 26.3 Å². The maximum atomic E-state index is 15.6. The smallest absolute Gasteiger partial charge is 0.377 e. The molecule has 0 unspecified atom stereocenters. The van der Waals surface area contributed by atoms with Gasteiger partial charge in [0.05, 0.1) is 25.6 Å². The summed E-state index contributed by atoms with van der Waals surface area (Å²) in [5.41, 5.74) is -3.84. The molecule has 12 amide bonds. The molecular weight excluding hydrogens is 1400 g/mol. The van der Waals surface area contributed by atoms with E-state index in [9.17, 15) is 36.7 Å². The van der Waals surface area contributed by atoms with Crippen molar-refractivity contribution in [1.29, 1.82) is 0 Å². The normalized spacial score (nSPS) is 26.9. The number of fused-ring (bicyclic) bond motifs is 3. The number of ether oxygens (including phenoxy) is 1. The number of hydrogen-bond donors (Lipinski definition) is 3. The molecular formula is C76H106F6N12O13. The lowest BCUT2D eigenvalue weighted by atomic mass is 9.74. The second-order valence-electron chi connectivity index (χ2n) is 30.2. The Morgan fingerprint density at radius 1 is 0.673 bits per heavy atom. The third-order valence-electron chi connectivity index (χ3n) is 22.7. The Kier molecular flexibility index (Phi) is 28.7. The quantitative estimate of drug-likeness (QED) is 0.168. The number of nitrogens with zero attached hydrogens (tertiary/aromatic N) is 9. The highest BCUT2D eigenvalue weighted by Crippen LogP contribution is 2.40. The molecule has 0 radical (unpaired) electrons. The Labute approximate surface area is 622 Å². The van der Waals surface area contributed by atoms with Crippen LogP contribution in [0.3, 0.4) is 0 Å². The van der Waals surface area contributed by atoms with Gasteiger partial charge in [0.25, 0.3) is 0 Å². The number of aryl methyl sites for hydroxylation is 1. The Hall–Kier alpha value is -8.64. The number of rotatable bonds is 13. The van der Waals surface area contributed by atoms with Crippen LogP contribution in [0, 0.1) is 35.2 Å². The summed E-state index contributed by atoms with van der Waals surface area (Å²) in [5, 5.41) is 8.45. The van der Waals surface area contributed by atoms with Crippen molar-refractivity contribution in [3.8, 4) is 0 Å². The van der Waals surface area contributed by atoms with Gasteiger partial charge in [-0.25, -0.2) is 13.2 Å². The molecule has 3 aliphatic heterocycles. The molecule has 10 atom stereocenters. The number of benzene rings is 2. The SMILES string of the molecule is CCO[C@@H]1C[C@H]2C(=O)NC3(CCC3)C(=O)N(C)[C@@H](C3CCCC3)C(=O)N(C)[C@H](C(=O)N(C)C)CC(=O)N(C)[C@@H](CC3CCCC3)C(=O)N[C@@H]([C@@H](C)CC)C(=O)N(C)CC(=O)N(C)[C@H]3C/C=C\CCN(C3=O)[C@@H](Cc3ccc(F)cc3)C(=O)N(C)CC(=O)N[C@H](CCc3cc(F)c(C(F)(F)F)c(F)c3)C(=O)N2C1. The molecule has 31 heteroatoms. The Morgan fingerprint density at radius 2 is 1.30 bits per heavy atom. The van der Waals surface area contributed by atoms with Crippen molar-refractivity contribution >= 4 is 70.9 Å². The first-order valence-electron chi connectivity index (χ1n) is 37.4. The molecule has 8 rings (SSSR count). The van der Waals surface area contributed by atoms with Crippen molar-refractivity contribution in [2.75, 3.05) is 89.2 Å². The first-order valence-corrected chi connectivity index (χ1v) is 37.4. The Balaban J connectivity index is 1.22. The van der Waals surface area contributed by atoms with E-state index in [2.05, 4.69) is 16.0 Å². The van der Waals surface area contributed by atoms with Crippen molar-refractivity contribution in [1.82, 2.24) is 60.0 Å². The molecule has 1 spiro atoms. The van der Waals surface area contributed by atoms with Crippen LogP contribution in [0.5, 0.6) is 0 Å². The van der Waals surface area contributed by atoms with E-state index >= 15 is 47.1 Å². The number of carbonyl (C=O) groups is 12. The van der Waals surface area contributed by atoms with Gasteiger partial charge in [-0.1, -0.05) is 83.1 Å². The molecule has 2 bridgehead atoms. The van der Waals surface area contributed by atoms with E-state index in [-0.39, 0.29) is 76.1 Å². The summed E-state index contributed by atoms with van der Waals surface area (Å²) in [7, 11) is 11.1. The van der Waals surface area contributed by atoms with E-state index in [4.69, 9.17) is 4.74 Å². The van der Waals surface area contributed by atoms with Crippen molar-refractivity contribution in [2.24, 2.45) is 17.8 Å². The predicted molar refractivity (Wildman–Crippen MR) is 381 cm³/mol. The molecule has 107 heavy (non-hydrogen) atoms. The van der Waals surface area contributed by atoms with Gasteiger partial charge in [-0.2, -0.15) is 13.2 Å². The zero-order chi connectivity index (χ0) is 78.7. The minimum atomic E-state index is -5.43. The second-order valence-corrected chi connectivity index (χ2v) is 30.2. The van der Waals surface area contributed by atoms with E-state index in [1.165, 1.54) is 88.1 Å². The van der Waals surface area contributed by atoms with Gasteiger partial charge in [-0.15, -0.1) is 0 Å². The minimum Gasteiger partial charge on any atom is -0.377 e. The number of likely N-dealkylation sites (N-methyl/N-ethyl adjacent to an activating group) is 7. The number of hydrogen-bond acceptors (Lipinski definition) is 13. The zero-order valence-electron chi connectivity index (χ0n) is 63.3. The third-order valence-corrected chi connectivity index (χ3v) is 22.7. The molecule has 0 aromatic heterocycles. The van der Waals surface area contributed by atoms with Gasteiger partial charge >= 0.3 is 6.18 Å². The lowest BCUT2D eigenvalue weighted by Crippen LogP contribution is -2.68. The van der Waals surface area contributed by atoms with Gasteiger partial charge in [0.2, 0.25) is 70.9 Å². The van der Waals surface area contributed by atoms with Crippen molar-refractivity contribution in [3.63, 3.8) is 0 Å². The molecule has 590 valence electrons.